The molecule has 7 rings (SSSR count). The first kappa shape index (κ1) is 25.3. The van der Waals surface area contributed by atoms with Gasteiger partial charge in [0.2, 0.25) is 17.6 Å². The third-order valence-electron chi connectivity index (χ3n) is 7.99. The van der Waals surface area contributed by atoms with Crippen LogP contribution in [0.25, 0.3) is 22.3 Å². The number of nitrogens with one attached hydrogen (secondary N) is 1. The molecule has 1 atom stereocenters. The van der Waals surface area contributed by atoms with E-state index in [2.05, 4.69) is 37.1 Å². The fourth-order valence-electron chi connectivity index (χ4n) is 6.10. The molecule has 5 aromatic rings. The number of carbonyl (C=O) groups excluding carboxylic acids is 2. The molecule has 3 aromatic carbocycles. The molecular weight excluding hydrogens is 540 g/mol. The van der Waals surface area contributed by atoms with E-state index in [1.54, 1.807) is 6.07 Å². The molecule has 9 nitrogen and oxygen atoms in total. The van der Waals surface area contributed by atoms with Crippen LogP contribution in [0, 0.1) is 0 Å². The predicted molar refractivity (Wildman–Crippen MR) is 155 cm³/mol. The third-order valence-corrected chi connectivity index (χ3v) is 8.32. The van der Waals surface area contributed by atoms with Crippen LogP contribution in [0.15, 0.2) is 77.3 Å². The molecule has 2 aliphatic heterocycles. The van der Waals surface area contributed by atoms with Crippen molar-refractivity contribution in [3.63, 3.8) is 0 Å². The van der Waals surface area contributed by atoms with Gasteiger partial charge in [0.25, 0.3) is 5.91 Å². The van der Waals surface area contributed by atoms with Gasteiger partial charge in [-0.3, -0.25) is 9.59 Å². The van der Waals surface area contributed by atoms with Gasteiger partial charge in [0, 0.05) is 43.0 Å². The van der Waals surface area contributed by atoms with E-state index >= 15 is 0 Å². The molecule has 2 aromatic heterocycles. The molecule has 41 heavy (non-hydrogen) atoms. The van der Waals surface area contributed by atoms with Gasteiger partial charge in [-0.1, -0.05) is 59.2 Å². The summed E-state index contributed by atoms with van der Waals surface area (Å²) in [6.45, 7) is 1.22. The molecule has 0 radical (unpaired) electrons. The van der Waals surface area contributed by atoms with Gasteiger partial charge in [-0.2, -0.15) is 4.98 Å². The van der Waals surface area contributed by atoms with Crippen molar-refractivity contribution in [1.82, 2.24) is 24.9 Å². The number of benzene rings is 3. The summed E-state index contributed by atoms with van der Waals surface area (Å²) in [5.41, 5.74) is 5.67. The number of halogens is 1. The number of hydrogen-bond acceptors (Lipinski definition) is 6. The van der Waals surface area contributed by atoms with Gasteiger partial charge in [-0.05, 0) is 42.3 Å². The topological polar surface area (TPSA) is 96.5 Å². The second kappa shape index (κ2) is 10.1. The average molecular weight is 567 g/mol. The van der Waals surface area contributed by atoms with E-state index in [9.17, 15) is 9.59 Å². The molecule has 1 unspecified atom stereocenters. The Kier molecular flexibility index (Phi) is 6.23. The second-order valence-electron chi connectivity index (χ2n) is 10.3. The Bertz CT molecular complexity index is 1810. The van der Waals surface area contributed by atoms with Gasteiger partial charge in [0.05, 0.1) is 28.5 Å². The maximum Gasteiger partial charge on any atom is 0.257 e. The number of nitrogens with zero attached hydrogens (tertiary/aromatic N) is 5. The Morgan fingerprint density at radius 3 is 2.66 bits per heavy atom. The summed E-state index contributed by atoms with van der Waals surface area (Å²) in [5, 5.41) is 8.59. The molecule has 0 saturated carbocycles. The summed E-state index contributed by atoms with van der Waals surface area (Å²) in [7, 11) is 2.04. The van der Waals surface area contributed by atoms with Crippen LogP contribution in [0.5, 0.6) is 0 Å². The number of para-hydroxylation sites is 2. The summed E-state index contributed by atoms with van der Waals surface area (Å²) in [4.78, 5) is 35.0. The van der Waals surface area contributed by atoms with Gasteiger partial charge in [0.15, 0.2) is 0 Å². The quantitative estimate of drug-likeness (QED) is 0.303. The van der Waals surface area contributed by atoms with Gasteiger partial charge >= 0.3 is 0 Å². The second-order valence-corrected chi connectivity index (χ2v) is 10.7. The van der Waals surface area contributed by atoms with E-state index in [0.29, 0.717) is 35.4 Å². The molecule has 2 aliphatic rings. The number of rotatable bonds is 6. The van der Waals surface area contributed by atoms with Gasteiger partial charge < -0.3 is 24.2 Å². The molecule has 0 bridgehead atoms. The highest BCUT2D eigenvalue weighted by atomic mass is 35.5. The Morgan fingerprint density at radius 2 is 1.80 bits per heavy atom. The Hall–Kier alpha value is -4.63. The standard InChI is InChI=1S/C31H27ClN6O3/c1-36-24-12-6-4-10-22(24)31(40)38-16-14-20-19-8-3-7-13-25(19)37(28(20)30(36)38)17-15-26(39)33-18-27-34-29(35-41-27)21-9-2-5-11-23(21)32/h2-13,30H,14-18H2,1H3,(H,33,39). The van der Waals surface area contributed by atoms with Crippen LogP contribution in [0.2, 0.25) is 5.02 Å². The first-order chi connectivity index (χ1) is 20.0. The van der Waals surface area contributed by atoms with E-state index in [1.165, 1.54) is 10.9 Å². The van der Waals surface area contributed by atoms with Gasteiger partial charge in [-0.15, -0.1) is 0 Å². The summed E-state index contributed by atoms with van der Waals surface area (Å²) < 4.78 is 7.54. The number of anilines is 1. The fraction of sp³-hybridized carbons (Fsp3) is 0.226. The van der Waals surface area contributed by atoms with Crippen LogP contribution in [0.4, 0.5) is 5.69 Å². The first-order valence-electron chi connectivity index (χ1n) is 13.6. The van der Waals surface area contributed by atoms with E-state index < -0.39 is 0 Å². The highest BCUT2D eigenvalue weighted by molar-refractivity contribution is 6.33. The molecular formula is C31H27ClN6O3. The minimum absolute atomic E-state index is 0.0413. The van der Waals surface area contributed by atoms with E-state index in [0.717, 1.165) is 28.9 Å². The lowest BCUT2D eigenvalue weighted by Crippen LogP contribution is -2.51. The number of amides is 2. The van der Waals surface area contributed by atoms with Crippen LogP contribution in [-0.2, 0) is 24.3 Å². The highest BCUT2D eigenvalue weighted by Crippen LogP contribution is 2.44. The number of fused-ring (bicyclic) bond motifs is 6. The van der Waals surface area contributed by atoms with Crippen molar-refractivity contribution < 1.29 is 14.1 Å². The molecule has 206 valence electrons. The van der Waals surface area contributed by atoms with E-state index in [4.69, 9.17) is 16.1 Å². The smallest absolute Gasteiger partial charge is 0.257 e. The van der Waals surface area contributed by atoms with Gasteiger partial charge in [-0.25, -0.2) is 0 Å². The number of aromatic nitrogens is 3. The van der Waals surface area contributed by atoms with E-state index in [-0.39, 0.29) is 30.9 Å². The Labute approximate surface area is 241 Å². The molecule has 0 spiro atoms. The fourth-order valence-corrected chi connectivity index (χ4v) is 6.32. The molecule has 4 heterocycles. The normalized spacial score (nSPS) is 16.0. The number of carbonyl (C=O) groups is 2. The Balaban J connectivity index is 1.13. The zero-order chi connectivity index (χ0) is 28.1. The zero-order valence-electron chi connectivity index (χ0n) is 22.4. The number of hydrogen-bond donors (Lipinski definition) is 1. The summed E-state index contributed by atoms with van der Waals surface area (Å²) in [6.07, 6.45) is 0.758. The van der Waals surface area contributed by atoms with Crippen molar-refractivity contribution in [2.24, 2.45) is 0 Å². The number of aryl methyl sites for hydroxylation is 1. The van der Waals surface area contributed by atoms with Crippen molar-refractivity contribution in [3.05, 3.63) is 101 Å². The van der Waals surface area contributed by atoms with Crippen molar-refractivity contribution in [2.45, 2.75) is 32.1 Å². The third kappa shape index (κ3) is 4.24. The minimum Gasteiger partial charge on any atom is -0.349 e. The monoisotopic (exact) mass is 566 g/mol. The van der Waals surface area contributed by atoms with Crippen LogP contribution in [-0.4, -0.2) is 45.0 Å². The maximum atomic E-state index is 13.5. The largest absolute Gasteiger partial charge is 0.349 e. The van der Waals surface area contributed by atoms with Crippen molar-refractivity contribution in [2.75, 3.05) is 18.5 Å². The lowest BCUT2D eigenvalue weighted by Gasteiger charge is -2.46. The van der Waals surface area contributed by atoms with Crippen LogP contribution in [0.1, 0.15) is 40.1 Å². The lowest BCUT2D eigenvalue weighted by atomic mass is 9.96. The SMILES string of the molecule is CN1c2ccccc2C(=O)N2CCc3c(n(CCC(=O)NCc4nc(-c5ccccc5Cl)no4)c4ccccc34)C21. The zero-order valence-corrected chi connectivity index (χ0v) is 23.1. The predicted octanol–water partition coefficient (Wildman–Crippen LogP) is 5.20. The summed E-state index contributed by atoms with van der Waals surface area (Å²) in [6, 6.07) is 23.3. The van der Waals surface area contributed by atoms with E-state index in [1.807, 2.05) is 66.5 Å². The summed E-state index contributed by atoms with van der Waals surface area (Å²) >= 11 is 6.24. The maximum absolute atomic E-state index is 13.5. The van der Waals surface area contributed by atoms with Gasteiger partial charge in [0.1, 0.15) is 6.17 Å². The highest BCUT2D eigenvalue weighted by Gasteiger charge is 2.42. The molecule has 10 heteroatoms. The lowest BCUT2D eigenvalue weighted by molar-refractivity contribution is -0.121. The van der Waals surface area contributed by atoms with Crippen molar-refractivity contribution >= 4 is 40.0 Å². The molecule has 0 fully saturated rings. The van der Waals surface area contributed by atoms with Crippen LogP contribution >= 0.6 is 11.6 Å². The first-order valence-corrected chi connectivity index (χ1v) is 14.0. The average Bonchev–Trinajstić information content (AvgIpc) is 3.60. The molecule has 0 saturated heterocycles. The molecule has 1 N–H and O–H groups in total. The summed E-state index contributed by atoms with van der Waals surface area (Å²) in [5.74, 6) is 0.580. The van der Waals surface area contributed by atoms with Crippen molar-refractivity contribution in [3.8, 4) is 11.4 Å². The Morgan fingerprint density at radius 1 is 1.05 bits per heavy atom. The molecule has 0 aliphatic carbocycles. The van der Waals surface area contributed by atoms with Crippen LogP contribution < -0.4 is 10.2 Å². The molecule has 2 amide bonds. The minimum atomic E-state index is -0.252. The van der Waals surface area contributed by atoms with Crippen LogP contribution in [0.3, 0.4) is 0 Å². The van der Waals surface area contributed by atoms with Crippen molar-refractivity contribution in [1.29, 1.82) is 0 Å².